The average molecular weight is 270 g/mol. The molecule has 7 nitrogen and oxygen atoms in total. The van der Waals surface area contributed by atoms with Gasteiger partial charge in [0.25, 0.3) is 0 Å². The Hall–Kier alpha value is -1.63. The van der Waals surface area contributed by atoms with E-state index in [9.17, 15) is 19.5 Å². The van der Waals surface area contributed by atoms with Crippen molar-refractivity contribution in [1.82, 2.24) is 4.90 Å². The van der Waals surface area contributed by atoms with Crippen molar-refractivity contribution in [2.75, 3.05) is 13.7 Å². The summed E-state index contributed by atoms with van der Waals surface area (Å²) in [6, 6.07) is -0.972. The summed E-state index contributed by atoms with van der Waals surface area (Å²) in [5.41, 5.74) is 5.59. The molecule has 19 heavy (non-hydrogen) atoms. The van der Waals surface area contributed by atoms with Crippen LogP contribution in [0, 0.1) is 5.92 Å². The third-order valence-corrected chi connectivity index (χ3v) is 4.20. The van der Waals surface area contributed by atoms with Crippen molar-refractivity contribution in [2.45, 2.75) is 37.3 Å². The van der Waals surface area contributed by atoms with E-state index in [1.807, 2.05) is 0 Å². The molecule has 3 N–H and O–H groups in total. The molecule has 0 radical (unpaired) electrons. The van der Waals surface area contributed by atoms with E-state index in [0.717, 1.165) is 4.90 Å². The molecule has 1 heterocycles. The summed E-state index contributed by atoms with van der Waals surface area (Å²) in [5.74, 6) is -1.16. The Morgan fingerprint density at radius 2 is 2.21 bits per heavy atom. The Labute approximate surface area is 110 Å². The molecule has 0 bridgehead atoms. The van der Waals surface area contributed by atoms with Crippen LogP contribution in [0.25, 0.3) is 0 Å². The van der Waals surface area contributed by atoms with Crippen molar-refractivity contribution in [3.63, 3.8) is 0 Å². The Balaban J connectivity index is 2.25. The van der Waals surface area contributed by atoms with Crippen molar-refractivity contribution in [1.29, 1.82) is 0 Å². The second-order valence-electron chi connectivity index (χ2n) is 5.36. The van der Waals surface area contributed by atoms with E-state index >= 15 is 0 Å². The van der Waals surface area contributed by atoms with E-state index in [4.69, 9.17) is 5.73 Å². The molecule has 1 aliphatic heterocycles. The highest BCUT2D eigenvalue weighted by molar-refractivity contribution is 5.82. The van der Waals surface area contributed by atoms with Crippen molar-refractivity contribution in [2.24, 2.45) is 11.7 Å². The molecule has 0 aromatic carbocycles. The number of rotatable bonds is 1. The first kappa shape index (κ1) is 13.8. The third-order valence-electron chi connectivity index (χ3n) is 4.20. The van der Waals surface area contributed by atoms with Crippen LogP contribution >= 0.6 is 0 Å². The topological polar surface area (TPSA) is 110 Å². The van der Waals surface area contributed by atoms with Gasteiger partial charge in [0.15, 0.2) is 0 Å². The molecule has 0 aromatic rings. The van der Waals surface area contributed by atoms with Gasteiger partial charge < -0.3 is 15.6 Å². The van der Waals surface area contributed by atoms with E-state index in [1.54, 1.807) is 0 Å². The van der Waals surface area contributed by atoms with Crippen LogP contribution in [0.5, 0.6) is 0 Å². The molecule has 3 atom stereocenters. The average Bonchev–Trinajstić information content (AvgIpc) is 2.37. The fourth-order valence-electron chi connectivity index (χ4n) is 3.05. The van der Waals surface area contributed by atoms with Gasteiger partial charge in [0.2, 0.25) is 0 Å². The first-order valence-corrected chi connectivity index (χ1v) is 6.25. The lowest BCUT2D eigenvalue weighted by molar-refractivity contribution is -0.147. The number of fused-ring (bicyclic) bond motifs is 1. The Morgan fingerprint density at radius 1 is 1.53 bits per heavy atom. The van der Waals surface area contributed by atoms with Crippen LogP contribution in [0.15, 0.2) is 0 Å². The second-order valence-corrected chi connectivity index (χ2v) is 5.36. The molecule has 2 aliphatic rings. The smallest absolute Gasteiger partial charge is 0.410 e. The Bertz CT molecular complexity index is 424. The van der Waals surface area contributed by atoms with Crippen molar-refractivity contribution in [3.8, 4) is 0 Å². The Morgan fingerprint density at radius 3 is 2.79 bits per heavy atom. The number of hydrogen-bond acceptors (Lipinski definition) is 5. The van der Waals surface area contributed by atoms with Gasteiger partial charge in [0.05, 0.1) is 7.11 Å². The molecule has 7 heteroatoms. The number of piperidine rings is 1. The van der Waals surface area contributed by atoms with E-state index in [2.05, 4.69) is 4.74 Å². The number of methoxy groups -OCH3 is 1. The first-order valence-electron chi connectivity index (χ1n) is 6.25. The fourth-order valence-corrected chi connectivity index (χ4v) is 3.05. The Kier molecular flexibility index (Phi) is 3.49. The molecule has 1 aliphatic carbocycles. The normalized spacial score (nSPS) is 34.6. The van der Waals surface area contributed by atoms with Crippen LogP contribution in [0.2, 0.25) is 0 Å². The summed E-state index contributed by atoms with van der Waals surface area (Å²) in [4.78, 5) is 35.6. The number of carbonyl (C=O) groups is 3. The SMILES string of the molecule is COC(=O)N1CC2(N)CCC(=O)CC2CC1C(=O)O. The van der Waals surface area contributed by atoms with Gasteiger partial charge in [-0.05, 0) is 18.8 Å². The minimum Gasteiger partial charge on any atom is -0.480 e. The summed E-state index contributed by atoms with van der Waals surface area (Å²) in [6.45, 7) is 0.120. The number of nitrogens with zero attached hydrogens (tertiary/aromatic N) is 1. The van der Waals surface area contributed by atoms with E-state index in [1.165, 1.54) is 7.11 Å². The number of Topliss-reactive ketones (excluding diaryl/α,β-unsaturated/α-hetero) is 1. The molecule has 2 rings (SSSR count). The van der Waals surface area contributed by atoms with E-state index in [0.29, 0.717) is 19.3 Å². The van der Waals surface area contributed by atoms with Crippen molar-refractivity contribution in [3.05, 3.63) is 0 Å². The van der Waals surface area contributed by atoms with Gasteiger partial charge in [0, 0.05) is 24.9 Å². The minimum atomic E-state index is -1.09. The van der Waals surface area contributed by atoms with E-state index in [-0.39, 0.29) is 24.7 Å². The number of carbonyl (C=O) groups excluding carboxylic acids is 2. The van der Waals surface area contributed by atoms with Gasteiger partial charge in [-0.15, -0.1) is 0 Å². The van der Waals surface area contributed by atoms with Crippen molar-refractivity contribution < 1.29 is 24.2 Å². The van der Waals surface area contributed by atoms with Crippen LogP contribution in [0.4, 0.5) is 4.79 Å². The number of hydrogen-bond donors (Lipinski definition) is 2. The number of carboxylic acids is 1. The maximum Gasteiger partial charge on any atom is 0.410 e. The summed E-state index contributed by atoms with van der Waals surface area (Å²) in [6.07, 6.45) is 0.686. The quantitative estimate of drug-likeness (QED) is 0.692. The second kappa shape index (κ2) is 4.80. The lowest BCUT2D eigenvalue weighted by Gasteiger charge is -2.49. The number of likely N-dealkylation sites (tertiary alicyclic amines) is 1. The summed E-state index contributed by atoms with van der Waals surface area (Å²) < 4.78 is 4.62. The number of nitrogens with two attached hydrogens (primary N) is 1. The number of amides is 1. The zero-order chi connectivity index (χ0) is 14.2. The van der Waals surface area contributed by atoms with Gasteiger partial charge >= 0.3 is 12.1 Å². The molecular weight excluding hydrogens is 252 g/mol. The zero-order valence-electron chi connectivity index (χ0n) is 10.8. The largest absolute Gasteiger partial charge is 0.480 e. The standard InChI is InChI=1S/C12H18N2O5/c1-19-11(18)14-6-12(13)3-2-8(15)4-7(12)5-9(14)10(16)17/h7,9H,2-6,13H2,1H3,(H,16,17). The molecule has 1 saturated heterocycles. The number of ketones is 1. The predicted octanol–water partition coefficient (Wildman–Crippen LogP) is -0.0216. The monoisotopic (exact) mass is 270 g/mol. The molecule has 0 aromatic heterocycles. The lowest BCUT2D eigenvalue weighted by Crippen LogP contribution is -2.66. The minimum absolute atomic E-state index is 0.113. The van der Waals surface area contributed by atoms with Gasteiger partial charge in [-0.3, -0.25) is 9.69 Å². The fraction of sp³-hybridized carbons (Fsp3) is 0.750. The van der Waals surface area contributed by atoms with Gasteiger partial charge in [-0.2, -0.15) is 0 Å². The first-order chi connectivity index (χ1) is 8.87. The maximum atomic E-state index is 11.7. The molecular formula is C12H18N2O5. The molecule has 106 valence electrons. The zero-order valence-corrected chi connectivity index (χ0v) is 10.8. The third kappa shape index (κ3) is 2.42. The van der Waals surface area contributed by atoms with E-state index < -0.39 is 23.6 Å². The molecule has 3 unspecified atom stereocenters. The lowest BCUT2D eigenvalue weighted by atomic mass is 9.67. The van der Waals surface area contributed by atoms with Crippen LogP contribution in [-0.4, -0.2) is 53.1 Å². The predicted molar refractivity (Wildman–Crippen MR) is 64.4 cm³/mol. The highest BCUT2D eigenvalue weighted by Gasteiger charge is 2.50. The molecule has 1 amide bonds. The highest BCUT2D eigenvalue weighted by Crippen LogP contribution is 2.39. The van der Waals surface area contributed by atoms with Crippen molar-refractivity contribution >= 4 is 17.8 Å². The van der Waals surface area contributed by atoms with Crippen LogP contribution < -0.4 is 5.73 Å². The summed E-state index contributed by atoms with van der Waals surface area (Å²) in [7, 11) is 1.21. The van der Waals surface area contributed by atoms with Gasteiger partial charge in [-0.25, -0.2) is 9.59 Å². The van der Waals surface area contributed by atoms with Crippen LogP contribution in [-0.2, 0) is 14.3 Å². The number of aliphatic carboxylic acids is 1. The maximum absolute atomic E-state index is 11.7. The van der Waals surface area contributed by atoms with Gasteiger partial charge in [-0.1, -0.05) is 0 Å². The summed E-state index contributed by atoms with van der Waals surface area (Å²) in [5, 5.41) is 9.22. The highest BCUT2D eigenvalue weighted by atomic mass is 16.5. The van der Waals surface area contributed by atoms with Crippen LogP contribution in [0.3, 0.4) is 0 Å². The molecule has 2 fully saturated rings. The van der Waals surface area contributed by atoms with Crippen LogP contribution in [0.1, 0.15) is 25.7 Å². The summed E-state index contributed by atoms with van der Waals surface area (Å²) >= 11 is 0. The molecule has 0 spiro atoms. The number of ether oxygens (including phenoxy) is 1. The molecule has 1 saturated carbocycles. The number of carboxylic acid groups (broad SMARTS) is 1. The van der Waals surface area contributed by atoms with Gasteiger partial charge in [0.1, 0.15) is 11.8 Å².